The zero-order valence-electron chi connectivity index (χ0n) is 10.7. The van der Waals surface area contributed by atoms with Gasteiger partial charge in [-0.25, -0.2) is 9.37 Å². The third-order valence-electron chi connectivity index (χ3n) is 2.50. The second-order valence-corrected chi connectivity index (χ2v) is 5.15. The third kappa shape index (κ3) is 3.68. The van der Waals surface area contributed by atoms with Gasteiger partial charge in [0, 0.05) is 11.4 Å². The largest absolute Gasteiger partial charge is 0.497 e. The molecular formula is C13H12ClFN2O2S. The van der Waals surface area contributed by atoms with Crippen molar-refractivity contribution in [3.63, 3.8) is 0 Å². The van der Waals surface area contributed by atoms with E-state index >= 15 is 0 Å². The van der Waals surface area contributed by atoms with Gasteiger partial charge in [0.15, 0.2) is 0 Å². The minimum absolute atomic E-state index is 0.0816. The second-order valence-electron chi connectivity index (χ2n) is 3.94. The number of nitrogens with zero attached hydrogens (tertiary/aromatic N) is 1. The molecule has 0 aliphatic heterocycles. The number of anilines is 1. The number of carbonyl (C=O) groups excluding carboxylic acids is 1. The fourth-order valence-electron chi connectivity index (χ4n) is 1.55. The van der Waals surface area contributed by atoms with E-state index in [0.29, 0.717) is 16.6 Å². The minimum Gasteiger partial charge on any atom is -0.497 e. The lowest BCUT2D eigenvalue weighted by Crippen LogP contribution is -2.15. The Hall–Kier alpha value is -1.66. The molecule has 1 heterocycles. The highest BCUT2D eigenvalue weighted by Crippen LogP contribution is 2.21. The maximum Gasteiger partial charge on any atom is 0.231 e. The molecule has 106 valence electrons. The van der Waals surface area contributed by atoms with Crippen LogP contribution in [0.4, 0.5) is 10.1 Å². The van der Waals surface area contributed by atoms with E-state index in [4.69, 9.17) is 16.3 Å². The van der Waals surface area contributed by atoms with Gasteiger partial charge in [0.1, 0.15) is 16.6 Å². The highest BCUT2D eigenvalue weighted by molar-refractivity contribution is 7.09. The average Bonchev–Trinajstić information content (AvgIpc) is 2.88. The van der Waals surface area contributed by atoms with Crippen LogP contribution in [0.3, 0.4) is 0 Å². The Morgan fingerprint density at radius 3 is 3.00 bits per heavy atom. The van der Waals surface area contributed by atoms with Crippen molar-refractivity contribution >= 4 is 34.5 Å². The molecule has 7 heteroatoms. The number of ether oxygens (including phenoxy) is 1. The van der Waals surface area contributed by atoms with Crippen molar-refractivity contribution in [3.8, 4) is 5.75 Å². The first-order valence-corrected chi connectivity index (χ1v) is 7.16. The summed E-state index contributed by atoms with van der Waals surface area (Å²) in [5, 5.41) is 4.93. The Balaban J connectivity index is 2.04. The SMILES string of the molecule is COc1ccc(F)c(NC(=O)Cc2nc(CCl)cs2)c1. The van der Waals surface area contributed by atoms with Crippen LogP contribution in [0, 0.1) is 5.82 Å². The van der Waals surface area contributed by atoms with E-state index in [1.54, 1.807) is 5.38 Å². The number of amides is 1. The molecule has 1 aromatic carbocycles. The summed E-state index contributed by atoms with van der Waals surface area (Å²) < 4.78 is 18.5. The van der Waals surface area contributed by atoms with Gasteiger partial charge in [-0.2, -0.15) is 0 Å². The number of nitrogens with one attached hydrogen (secondary N) is 1. The van der Waals surface area contributed by atoms with Crippen LogP contribution in [0.1, 0.15) is 10.7 Å². The molecule has 0 unspecified atom stereocenters. The predicted molar refractivity (Wildman–Crippen MR) is 77.0 cm³/mol. The standard InChI is InChI=1S/C13H12ClFN2O2S/c1-19-9-2-3-10(15)11(4-9)17-12(18)5-13-16-8(6-14)7-20-13/h2-4,7H,5-6H2,1H3,(H,17,18). The van der Waals surface area contributed by atoms with Crippen molar-refractivity contribution in [3.05, 3.63) is 40.1 Å². The van der Waals surface area contributed by atoms with E-state index in [1.807, 2.05) is 0 Å². The number of thiazole rings is 1. The average molecular weight is 315 g/mol. The Morgan fingerprint density at radius 1 is 1.55 bits per heavy atom. The van der Waals surface area contributed by atoms with Gasteiger partial charge >= 0.3 is 0 Å². The van der Waals surface area contributed by atoms with Crippen molar-refractivity contribution in [2.24, 2.45) is 0 Å². The normalized spacial score (nSPS) is 10.3. The zero-order valence-corrected chi connectivity index (χ0v) is 12.2. The number of benzene rings is 1. The molecule has 0 bridgehead atoms. The number of hydrogen-bond acceptors (Lipinski definition) is 4. The van der Waals surface area contributed by atoms with E-state index in [1.165, 1.54) is 36.6 Å². The molecule has 20 heavy (non-hydrogen) atoms. The van der Waals surface area contributed by atoms with E-state index < -0.39 is 5.82 Å². The summed E-state index contributed by atoms with van der Waals surface area (Å²) in [6.45, 7) is 0. The first-order valence-electron chi connectivity index (χ1n) is 5.75. The molecule has 2 rings (SSSR count). The molecule has 0 fully saturated rings. The maximum atomic E-state index is 13.6. The Kier molecular flexibility index (Phi) is 4.92. The smallest absolute Gasteiger partial charge is 0.231 e. The van der Waals surface area contributed by atoms with Gasteiger partial charge in [-0.3, -0.25) is 4.79 Å². The lowest BCUT2D eigenvalue weighted by Gasteiger charge is -2.07. The number of methoxy groups -OCH3 is 1. The summed E-state index contributed by atoms with van der Waals surface area (Å²) >= 11 is 6.99. The Bertz CT molecular complexity index is 618. The molecule has 0 aliphatic rings. The Morgan fingerprint density at radius 2 is 2.35 bits per heavy atom. The van der Waals surface area contributed by atoms with E-state index in [2.05, 4.69) is 10.3 Å². The monoisotopic (exact) mass is 314 g/mol. The first kappa shape index (κ1) is 14.7. The summed E-state index contributed by atoms with van der Waals surface area (Å²) in [6, 6.07) is 4.15. The highest BCUT2D eigenvalue weighted by atomic mass is 35.5. The van der Waals surface area contributed by atoms with Gasteiger partial charge in [0.2, 0.25) is 5.91 Å². The fourth-order valence-corrected chi connectivity index (χ4v) is 2.57. The van der Waals surface area contributed by atoms with Gasteiger partial charge in [0.25, 0.3) is 0 Å². The molecule has 0 atom stereocenters. The van der Waals surface area contributed by atoms with Crippen molar-refractivity contribution in [2.75, 3.05) is 12.4 Å². The van der Waals surface area contributed by atoms with Crippen LogP contribution in [0.5, 0.6) is 5.75 Å². The Labute approximate surface area is 124 Å². The molecule has 0 saturated carbocycles. The van der Waals surface area contributed by atoms with Crippen molar-refractivity contribution in [1.82, 2.24) is 4.98 Å². The first-order chi connectivity index (χ1) is 9.62. The zero-order chi connectivity index (χ0) is 14.5. The van der Waals surface area contributed by atoms with Gasteiger partial charge in [0.05, 0.1) is 30.8 Å². The van der Waals surface area contributed by atoms with Gasteiger partial charge in [-0.15, -0.1) is 22.9 Å². The molecule has 0 saturated heterocycles. The summed E-state index contributed by atoms with van der Waals surface area (Å²) in [4.78, 5) is 16.0. The van der Waals surface area contributed by atoms with Crippen molar-refractivity contribution in [2.45, 2.75) is 12.3 Å². The summed E-state index contributed by atoms with van der Waals surface area (Å²) in [5.74, 6) is -0.0736. The number of aromatic nitrogens is 1. The van der Waals surface area contributed by atoms with Gasteiger partial charge < -0.3 is 10.1 Å². The maximum absolute atomic E-state index is 13.6. The number of alkyl halides is 1. The van der Waals surface area contributed by atoms with Crippen molar-refractivity contribution < 1.29 is 13.9 Å². The second kappa shape index (κ2) is 6.67. The summed E-state index contributed by atoms with van der Waals surface area (Å²) in [5.41, 5.74) is 0.815. The number of rotatable bonds is 5. The van der Waals surface area contributed by atoms with E-state index in [9.17, 15) is 9.18 Å². The summed E-state index contributed by atoms with van der Waals surface area (Å²) in [6.07, 6.45) is 0.0816. The lowest BCUT2D eigenvalue weighted by atomic mass is 10.2. The molecular weight excluding hydrogens is 303 g/mol. The lowest BCUT2D eigenvalue weighted by molar-refractivity contribution is -0.115. The quantitative estimate of drug-likeness (QED) is 0.862. The third-order valence-corrected chi connectivity index (χ3v) is 3.67. The van der Waals surface area contributed by atoms with Crippen LogP contribution >= 0.6 is 22.9 Å². The molecule has 4 nitrogen and oxygen atoms in total. The highest BCUT2D eigenvalue weighted by Gasteiger charge is 2.11. The van der Waals surface area contributed by atoms with Gasteiger partial charge in [-0.05, 0) is 12.1 Å². The number of hydrogen-bond donors (Lipinski definition) is 1. The fraction of sp³-hybridized carbons (Fsp3) is 0.231. The number of carbonyl (C=O) groups is 1. The van der Waals surface area contributed by atoms with Crippen LogP contribution in [0.15, 0.2) is 23.6 Å². The minimum atomic E-state index is -0.514. The molecule has 1 amide bonds. The van der Waals surface area contributed by atoms with E-state index in [-0.39, 0.29) is 18.0 Å². The van der Waals surface area contributed by atoms with Gasteiger partial charge in [-0.1, -0.05) is 0 Å². The number of halogens is 2. The van der Waals surface area contributed by atoms with Crippen LogP contribution in [0.25, 0.3) is 0 Å². The molecule has 2 aromatic rings. The van der Waals surface area contributed by atoms with Crippen molar-refractivity contribution in [1.29, 1.82) is 0 Å². The van der Waals surface area contributed by atoms with Crippen LogP contribution in [-0.4, -0.2) is 18.0 Å². The van der Waals surface area contributed by atoms with Crippen LogP contribution in [-0.2, 0) is 17.1 Å². The predicted octanol–water partition coefficient (Wildman–Crippen LogP) is 3.21. The molecule has 0 spiro atoms. The molecule has 1 N–H and O–H groups in total. The van der Waals surface area contributed by atoms with E-state index in [0.717, 1.165) is 5.69 Å². The topological polar surface area (TPSA) is 51.2 Å². The molecule has 0 aliphatic carbocycles. The van der Waals surface area contributed by atoms with Crippen LogP contribution in [0.2, 0.25) is 0 Å². The molecule has 0 radical (unpaired) electrons. The van der Waals surface area contributed by atoms with Crippen LogP contribution < -0.4 is 10.1 Å². The summed E-state index contributed by atoms with van der Waals surface area (Å²) in [7, 11) is 1.47. The molecule has 1 aromatic heterocycles.